The lowest BCUT2D eigenvalue weighted by atomic mass is 9.94. The number of pyridine rings is 1. The van der Waals surface area contributed by atoms with Gasteiger partial charge in [0, 0.05) is 24.4 Å². The van der Waals surface area contributed by atoms with Crippen LogP contribution in [0.25, 0.3) is 0 Å². The van der Waals surface area contributed by atoms with Crippen molar-refractivity contribution in [2.24, 2.45) is 5.92 Å². The molecular weight excluding hydrogens is 280 g/mol. The Morgan fingerprint density at radius 2 is 2.09 bits per heavy atom. The van der Waals surface area contributed by atoms with E-state index in [2.05, 4.69) is 10.3 Å². The molecule has 1 fully saturated rings. The summed E-state index contributed by atoms with van der Waals surface area (Å²) >= 11 is 0. The summed E-state index contributed by atoms with van der Waals surface area (Å²) in [5, 5.41) is 3.03. The first-order valence-corrected chi connectivity index (χ1v) is 7.98. The molecule has 1 N–H and O–H groups in total. The van der Waals surface area contributed by atoms with Crippen LogP contribution in [-0.2, 0) is 20.7 Å². The lowest BCUT2D eigenvalue weighted by Gasteiger charge is -2.24. The topological polar surface area (TPSA) is 68.3 Å². The van der Waals surface area contributed by atoms with Crippen molar-refractivity contribution in [1.82, 2.24) is 10.3 Å². The minimum atomic E-state index is -0.216. The second kappa shape index (κ2) is 8.51. The number of ether oxygens (including phenoxy) is 1. The summed E-state index contributed by atoms with van der Waals surface area (Å²) in [6.45, 7) is 0. The Hall–Kier alpha value is -1.91. The van der Waals surface area contributed by atoms with E-state index in [1.54, 1.807) is 6.20 Å². The first kappa shape index (κ1) is 16.5. The van der Waals surface area contributed by atoms with Crippen molar-refractivity contribution in [3.05, 3.63) is 30.1 Å². The van der Waals surface area contributed by atoms with Crippen molar-refractivity contribution in [3.63, 3.8) is 0 Å². The predicted octanol–water partition coefficient (Wildman–Crippen LogP) is 2.25. The maximum atomic E-state index is 12.2. The lowest BCUT2D eigenvalue weighted by Crippen LogP contribution is -2.43. The first-order valence-electron chi connectivity index (χ1n) is 7.98. The summed E-state index contributed by atoms with van der Waals surface area (Å²) in [6, 6.07) is 5.58. The van der Waals surface area contributed by atoms with E-state index in [-0.39, 0.29) is 23.8 Å². The molecule has 2 rings (SSSR count). The van der Waals surface area contributed by atoms with Crippen LogP contribution in [0.5, 0.6) is 0 Å². The molecule has 1 aromatic rings. The van der Waals surface area contributed by atoms with E-state index in [9.17, 15) is 9.59 Å². The molecule has 0 saturated heterocycles. The quantitative estimate of drug-likeness (QED) is 0.669. The number of carbonyl (C=O) groups excluding carboxylic acids is 2. The van der Waals surface area contributed by atoms with E-state index in [0.29, 0.717) is 12.8 Å². The Morgan fingerprint density at radius 1 is 1.27 bits per heavy atom. The van der Waals surface area contributed by atoms with Gasteiger partial charge in [0.25, 0.3) is 0 Å². The molecule has 1 aliphatic carbocycles. The standard InChI is InChI=1S/C17H24N2O3/c1-22-17(21)14-8-3-2-4-9-15(14)19-16(20)11-10-13-7-5-6-12-18-13/h5-7,12,14-15H,2-4,8-11H2,1H3,(H,19,20)/t14-,15+/m0/s1. The maximum absolute atomic E-state index is 12.2. The number of carbonyl (C=O) groups is 2. The molecule has 1 heterocycles. The number of aromatic nitrogens is 1. The number of hydrogen-bond donors (Lipinski definition) is 1. The summed E-state index contributed by atoms with van der Waals surface area (Å²) < 4.78 is 4.89. The molecule has 1 aliphatic rings. The second-order valence-corrected chi connectivity index (χ2v) is 5.76. The van der Waals surface area contributed by atoms with Gasteiger partial charge in [-0.2, -0.15) is 0 Å². The third-order valence-electron chi connectivity index (χ3n) is 4.20. The molecule has 0 aliphatic heterocycles. The van der Waals surface area contributed by atoms with Crippen LogP contribution in [0.3, 0.4) is 0 Å². The van der Waals surface area contributed by atoms with E-state index in [0.717, 1.165) is 37.8 Å². The highest BCUT2D eigenvalue weighted by molar-refractivity contribution is 5.78. The van der Waals surface area contributed by atoms with E-state index < -0.39 is 0 Å². The number of methoxy groups -OCH3 is 1. The zero-order valence-corrected chi connectivity index (χ0v) is 13.1. The number of nitrogens with zero attached hydrogens (tertiary/aromatic N) is 1. The molecule has 1 aromatic heterocycles. The molecular formula is C17H24N2O3. The van der Waals surface area contributed by atoms with Crippen molar-refractivity contribution in [3.8, 4) is 0 Å². The Labute approximate surface area is 131 Å². The van der Waals surface area contributed by atoms with E-state index in [1.165, 1.54) is 7.11 Å². The SMILES string of the molecule is COC(=O)[C@H]1CCCCC[C@H]1NC(=O)CCc1ccccn1. The van der Waals surface area contributed by atoms with Gasteiger partial charge in [0.15, 0.2) is 0 Å². The van der Waals surface area contributed by atoms with Gasteiger partial charge >= 0.3 is 5.97 Å². The van der Waals surface area contributed by atoms with Crippen LogP contribution >= 0.6 is 0 Å². The number of hydrogen-bond acceptors (Lipinski definition) is 4. The molecule has 0 spiro atoms. The highest BCUT2D eigenvalue weighted by Gasteiger charge is 2.31. The highest BCUT2D eigenvalue weighted by atomic mass is 16.5. The monoisotopic (exact) mass is 304 g/mol. The van der Waals surface area contributed by atoms with Crippen LogP contribution in [0, 0.1) is 5.92 Å². The minimum absolute atomic E-state index is 0.0218. The third kappa shape index (κ3) is 4.83. The number of amides is 1. The normalized spacial score (nSPS) is 21.7. The Balaban J connectivity index is 1.88. The fourth-order valence-electron chi connectivity index (χ4n) is 2.98. The van der Waals surface area contributed by atoms with Gasteiger partial charge in [0.05, 0.1) is 13.0 Å². The van der Waals surface area contributed by atoms with Gasteiger partial charge in [-0.15, -0.1) is 0 Å². The molecule has 0 unspecified atom stereocenters. The maximum Gasteiger partial charge on any atom is 0.310 e. The number of aryl methyl sites for hydroxylation is 1. The van der Waals surface area contributed by atoms with Crippen molar-refractivity contribution >= 4 is 11.9 Å². The highest BCUT2D eigenvalue weighted by Crippen LogP contribution is 2.24. The third-order valence-corrected chi connectivity index (χ3v) is 4.20. The molecule has 22 heavy (non-hydrogen) atoms. The second-order valence-electron chi connectivity index (χ2n) is 5.76. The summed E-state index contributed by atoms with van der Waals surface area (Å²) in [7, 11) is 1.41. The Bertz CT molecular complexity index is 490. The van der Waals surface area contributed by atoms with Gasteiger partial charge in [-0.25, -0.2) is 0 Å². The van der Waals surface area contributed by atoms with Gasteiger partial charge in [0.1, 0.15) is 0 Å². The summed E-state index contributed by atoms with van der Waals surface area (Å²) in [5.74, 6) is -0.449. The van der Waals surface area contributed by atoms with Gasteiger partial charge in [0.2, 0.25) is 5.91 Å². The molecule has 0 bridgehead atoms. The van der Waals surface area contributed by atoms with E-state index >= 15 is 0 Å². The number of nitrogens with one attached hydrogen (secondary N) is 1. The van der Waals surface area contributed by atoms with Crippen molar-refractivity contribution in [1.29, 1.82) is 0 Å². The van der Waals surface area contributed by atoms with Crippen molar-refractivity contribution in [2.45, 2.75) is 51.0 Å². The minimum Gasteiger partial charge on any atom is -0.469 e. The van der Waals surface area contributed by atoms with Gasteiger partial charge in [-0.3, -0.25) is 14.6 Å². The fraction of sp³-hybridized carbons (Fsp3) is 0.588. The van der Waals surface area contributed by atoms with Crippen LogP contribution in [-0.4, -0.2) is 30.0 Å². The Kier molecular flexibility index (Phi) is 6.37. The van der Waals surface area contributed by atoms with Crippen LogP contribution < -0.4 is 5.32 Å². The summed E-state index contributed by atoms with van der Waals surface area (Å²) in [4.78, 5) is 28.3. The molecule has 5 heteroatoms. The zero-order chi connectivity index (χ0) is 15.8. The largest absolute Gasteiger partial charge is 0.469 e. The van der Waals surface area contributed by atoms with Gasteiger partial charge in [-0.1, -0.05) is 25.3 Å². The molecule has 1 amide bonds. The smallest absolute Gasteiger partial charge is 0.310 e. The zero-order valence-electron chi connectivity index (χ0n) is 13.1. The van der Waals surface area contributed by atoms with Crippen LogP contribution in [0.2, 0.25) is 0 Å². The molecule has 0 radical (unpaired) electrons. The lowest BCUT2D eigenvalue weighted by molar-refractivity contribution is -0.147. The van der Waals surface area contributed by atoms with Crippen LogP contribution in [0.1, 0.15) is 44.2 Å². The summed E-state index contributed by atoms with van der Waals surface area (Å²) in [6.07, 6.45) is 7.52. The van der Waals surface area contributed by atoms with Crippen LogP contribution in [0.15, 0.2) is 24.4 Å². The van der Waals surface area contributed by atoms with Crippen molar-refractivity contribution in [2.75, 3.05) is 7.11 Å². The van der Waals surface area contributed by atoms with Crippen molar-refractivity contribution < 1.29 is 14.3 Å². The average Bonchev–Trinajstić information content (AvgIpc) is 2.78. The predicted molar refractivity (Wildman–Crippen MR) is 83.1 cm³/mol. The molecule has 5 nitrogen and oxygen atoms in total. The molecule has 2 atom stereocenters. The number of rotatable bonds is 5. The van der Waals surface area contributed by atoms with E-state index in [1.807, 2.05) is 18.2 Å². The molecule has 1 saturated carbocycles. The number of esters is 1. The first-order chi connectivity index (χ1) is 10.7. The Morgan fingerprint density at radius 3 is 2.82 bits per heavy atom. The molecule has 120 valence electrons. The van der Waals surface area contributed by atoms with Gasteiger partial charge < -0.3 is 10.1 Å². The molecule has 0 aromatic carbocycles. The van der Waals surface area contributed by atoms with Gasteiger partial charge in [-0.05, 0) is 31.4 Å². The summed E-state index contributed by atoms with van der Waals surface area (Å²) in [5.41, 5.74) is 0.906. The van der Waals surface area contributed by atoms with Crippen LogP contribution in [0.4, 0.5) is 0 Å². The fourth-order valence-corrected chi connectivity index (χ4v) is 2.98. The van der Waals surface area contributed by atoms with E-state index in [4.69, 9.17) is 4.74 Å². The average molecular weight is 304 g/mol.